The first kappa shape index (κ1) is 18.4. The van der Waals surface area contributed by atoms with Gasteiger partial charge in [-0.3, -0.25) is 4.79 Å². The monoisotopic (exact) mass is 397 g/mol. The molecule has 3 nitrogen and oxygen atoms in total. The van der Waals surface area contributed by atoms with Crippen molar-refractivity contribution >= 4 is 21.8 Å². The third-order valence-corrected chi connectivity index (χ3v) is 4.06. The first-order valence-corrected chi connectivity index (χ1v) is 8.44. The van der Waals surface area contributed by atoms with Crippen molar-refractivity contribution in [1.82, 2.24) is 5.32 Å². The molecule has 0 spiro atoms. The van der Waals surface area contributed by atoms with E-state index in [0.29, 0.717) is 19.4 Å². The molecule has 0 atom stereocenters. The van der Waals surface area contributed by atoms with E-state index in [1.165, 1.54) is 18.2 Å². The molecule has 6 heteroatoms. The average Bonchev–Trinajstić information content (AvgIpc) is 2.56. The molecular weight excluding hydrogens is 380 g/mol. The number of carbonyl (C=O) groups excluding carboxylic acids is 1. The fourth-order valence-electron chi connectivity index (χ4n) is 2.16. The zero-order chi connectivity index (χ0) is 17.4. The van der Waals surface area contributed by atoms with Crippen molar-refractivity contribution in [2.45, 2.75) is 19.3 Å². The van der Waals surface area contributed by atoms with Crippen molar-refractivity contribution in [1.29, 1.82) is 0 Å². The highest BCUT2D eigenvalue weighted by atomic mass is 79.9. The number of hydrogen-bond donors (Lipinski definition) is 1. The van der Waals surface area contributed by atoms with Crippen LogP contribution in [-0.4, -0.2) is 19.1 Å². The van der Waals surface area contributed by atoms with Crippen molar-refractivity contribution in [3.63, 3.8) is 0 Å². The summed E-state index contributed by atoms with van der Waals surface area (Å²) in [6, 6.07) is 11.2. The van der Waals surface area contributed by atoms with Crippen molar-refractivity contribution in [3.8, 4) is 5.75 Å². The van der Waals surface area contributed by atoms with Gasteiger partial charge in [-0.1, -0.05) is 18.2 Å². The van der Waals surface area contributed by atoms with Gasteiger partial charge in [0.1, 0.15) is 17.4 Å². The summed E-state index contributed by atoms with van der Waals surface area (Å²) in [5, 5.41) is 2.66. The second-order valence-electron chi connectivity index (χ2n) is 5.18. The average molecular weight is 398 g/mol. The fourth-order valence-corrected chi connectivity index (χ4v) is 2.56. The van der Waals surface area contributed by atoms with Crippen molar-refractivity contribution in [2.75, 3.05) is 13.2 Å². The predicted octanol–water partition coefficient (Wildman–Crippen LogP) is 4.25. The molecule has 0 saturated heterocycles. The summed E-state index contributed by atoms with van der Waals surface area (Å²) >= 11 is 3.38. The molecule has 1 amide bonds. The Morgan fingerprint density at radius 1 is 1.08 bits per heavy atom. The molecule has 0 aliphatic rings. The van der Waals surface area contributed by atoms with Crippen LogP contribution in [0.3, 0.4) is 0 Å². The van der Waals surface area contributed by atoms with Gasteiger partial charge in [-0.2, -0.15) is 0 Å². The zero-order valence-electron chi connectivity index (χ0n) is 13.0. The van der Waals surface area contributed by atoms with Crippen LogP contribution in [0, 0.1) is 11.6 Å². The lowest BCUT2D eigenvalue weighted by Gasteiger charge is -2.09. The highest BCUT2D eigenvalue weighted by Crippen LogP contribution is 2.23. The molecule has 24 heavy (non-hydrogen) atoms. The van der Waals surface area contributed by atoms with Gasteiger partial charge in [0.25, 0.3) is 0 Å². The van der Waals surface area contributed by atoms with E-state index in [1.54, 1.807) is 0 Å². The Morgan fingerprint density at radius 2 is 1.79 bits per heavy atom. The standard InChI is InChI=1S/C18H18BrF2NO2/c19-14-5-1-2-8-17(14)24-12-4-9-18(23)22-11-10-13-15(20)6-3-7-16(13)21/h1-3,5-8H,4,9-12H2,(H,22,23). The minimum atomic E-state index is -0.592. The predicted molar refractivity (Wildman–Crippen MR) is 91.9 cm³/mol. The van der Waals surface area contributed by atoms with Crippen LogP contribution in [0.4, 0.5) is 8.78 Å². The Hall–Kier alpha value is -1.95. The number of rotatable bonds is 8. The Morgan fingerprint density at radius 3 is 2.50 bits per heavy atom. The summed E-state index contributed by atoms with van der Waals surface area (Å²) in [6.07, 6.45) is 0.975. The minimum absolute atomic E-state index is 0.00457. The maximum absolute atomic E-state index is 13.4. The molecule has 2 aromatic rings. The molecule has 0 aliphatic heterocycles. The van der Waals surface area contributed by atoms with E-state index >= 15 is 0 Å². The van der Waals surface area contributed by atoms with Crippen LogP contribution in [0.15, 0.2) is 46.9 Å². The summed E-state index contributed by atoms with van der Waals surface area (Å²) in [5.74, 6) is -0.618. The number of amides is 1. The van der Waals surface area contributed by atoms with Gasteiger partial charge in [-0.25, -0.2) is 8.78 Å². The molecule has 0 saturated carbocycles. The fraction of sp³-hybridized carbons (Fsp3) is 0.278. The Bertz CT molecular complexity index is 674. The summed E-state index contributed by atoms with van der Waals surface area (Å²) < 4.78 is 33.3. The molecule has 0 aromatic heterocycles. The SMILES string of the molecule is O=C(CCCOc1ccccc1Br)NCCc1c(F)cccc1F. The van der Waals surface area contributed by atoms with E-state index in [1.807, 2.05) is 24.3 Å². The lowest BCUT2D eigenvalue weighted by atomic mass is 10.1. The third kappa shape index (κ3) is 5.60. The van der Waals surface area contributed by atoms with E-state index in [-0.39, 0.29) is 24.4 Å². The van der Waals surface area contributed by atoms with E-state index in [0.717, 1.165) is 10.2 Å². The number of halogens is 3. The number of benzene rings is 2. The van der Waals surface area contributed by atoms with Crippen LogP contribution >= 0.6 is 15.9 Å². The summed E-state index contributed by atoms with van der Waals surface area (Å²) in [7, 11) is 0. The van der Waals surface area contributed by atoms with Crippen LogP contribution in [0.25, 0.3) is 0 Å². The molecule has 0 bridgehead atoms. The van der Waals surface area contributed by atoms with E-state index in [4.69, 9.17) is 4.74 Å². The van der Waals surface area contributed by atoms with Crippen LogP contribution in [0.1, 0.15) is 18.4 Å². The summed E-state index contributed by atoms with van der Waals surface area (Å²) in [4.78, 5) is 11.7. The number of carbonyl (C=O) groups is 1. The van der Waals surface area contributed by atoms with Gasteiger partial charge >= 0.3 is 0 Å². The quantitative estimate of drug-likeness (QED) is 0.676. The normalized spacial score (nSPS) is 10.5. The van der Waals surface area contributed by atoms with Gasteiger partial charge < -0.3 is 10.1 Å². The van der Waals surface area contributed by atoms with Crippen LogP contribution in [0.5, 0.6) is 5.75 Å². The largest absolute Gasteiger partial charge is 0.492 e. The van der Waals surface area contributed by atoms with Gasteiger partial charge in [0.05, 0.1) is 11.1 Å². The van der Waals surface area contributed by atoms with Gasteiger partial charge in [-0.15, -0.1) is 0 Å². The van der Waals surface area contributed by atoms with Crippen molar-refractivity contribution in [3.05, 3.63) is 64.1 Å². The topological polar surface area (TPSA) is 38.3 Å². The molecule has 128 valence electrons. The van der Waals surface area contributed by atoms with Gasteiger partial charge in [0.15, 0.2) is 0 Å². The lowest BCUT2D eigenvalue weighted by molar-refractivity contribution is -0.121. The maximum atomic E-state index is 13.4. The molecule has 0 radical (unpaired) electrons. The molecule has 2 rings (SSSR count). The Kier molecular flexibility index (Phi) is 7.18. The number of para-hydroxylation sites is 1. The first-order valence-electron chi connectivity index (χ1n) is 7.65. The van der Waals surface area contributed by atoms with Crippen LogP contribution < -0.4 is 10.1 Å². The molecule has 0 unspecified atom stereocenters. The summed E-state index contributed by atoms with van der Waals surface area (Å²) in [6.45, 7) is 0.611. The smallest absolute Gasteiger partial charge is 0.220 e. The summed E-state index contributed by atoms with van der Waals surface area (Å²) in [5.41, 5.74) is -0.00457. The molecule has 2 aromatic carbocycles. The van der Waals surface area contributed by atoms with Crippen LogP contribution in [0.2, 0.25) is 0 Å². The molecular formula is C18H18BrF2NO2. The van der Waals surface area contributed by atoms with E-state index in [9.17, 15) is 13.6 Å². The highest BCUT2D eigenvalue weighted by molar-refractivity contribution is 9.10. The van der Waals surface area contributed by atoms with Gasteiger partial charge in [0.2, 0.25) is 5.91 Å². The second-order valence-corrected chi connectivity index (χ2v) is 6.04. The zero-order valence-corrected chi connectivity index (χ0v) is 14.6. The van der Waals surface area contributed by atoms with Gasteiger partial charge in [-0.05, 0) is 53.0 Å². The van der Waals surface area contributed by atoms with Crippen LogP contribution in [-0.2, 0) is 11.2 Å². The Balaban J connectivity index is 1.64. The minimum Gasteiger partial charge on any atom is -0.492 e. The maximum Gasteiger partial charge on any atom is 0.220 e. The number of ether oxygens (including phenoxy) is 1. The Labute approximate surface area is 148 Å². The first-order chi connectivity index (χ1) is 11.6. The third-order valence-electron chi connectivity index (χ3n) is 3.40. The highest BCUT2D eigenvalue weighted by Gasteiger charge is 2.09. The van der Waals surface area contributed by atoms with E-state index in [2.05, 4.69) is 21.2 Å². The molecule has 0 aliphatic carbocycles. The number of nitrogens with one attached hydrogen (secondary N) is 1. The van der Waals surface area contributed by atoms with Crippen molar-refractivity contribution < 1.29 is 18.3 Å². The number of hydrogen-bond acceptors (Lipinski definition) is 2. The molecule has 0 fully saturated rings. The second kappa shape index (κ2) is 9.37. The lowest BCUT2D eigenvalue weighted by Crippen LogP contribution is -2.26. The molecule has 1 N–H and O–H groups in total. The van der Waals surface area contributed by atoms with E-state index < -0.39 is 11.6 Å². The molecule has 0 heterocycles. The van der Waals surface area contributed by atoms with Crippen molar-refractivity contribution in [2.24, 2.45) is 0 Å². The van der Waals surface area contributed by atoms with Gasteiger partial charge in [0, 0.05) is 18.5 Å².